The third kappa shape index (κ3) is 7.01. The van der Waals surface area contributed by atoms with Crippen molar-refractivity contribution in [2.75, 3.05) is 39.9 Å². The molecule has 1 aromatic heterocycles. The summed E-state index contributed by atoms with van der Waals surface area (Å²) < 4.78 is 36.1. The number of hydrogen-bond donors (Lipinski definition) is 1. The highest BCUT2D eigenvalue weighted by Crippen LogP contribution is 2.33. The summed E-state index contributed by atoms with van der Waals surface area (Å²) in [4.78, 5) is 23.8. The van der Waals surface area contributed by atoms with Crippen molar-refractivity contribution in [2.24, 2.45) is 4.99 Å². The number of benzene rings is 1. The molecule has 1 aliphatic rings. The van der Waals surface area contributed by atoms with Gasteiger partial charge in [0.1, 0.15) is 17.4 Å². The van der Waals surface area contributed by atoms with E-state index in [9.17, 15) is 9.18 Å². The maximum absolute atomic E-state index is 14.9. The van der Waals surface area contributed by atoms with Crippen molar-refractivity contribution >= 4 is 17.7 Å². The number of ether oxygens (including phenoxy) is 4. The quantitative estimate of drug-likeness (QED) is 0.180. The van der Waals surface area contributed by atoms with E-state index in [1.54, 1.807) is 30.2 Å². The smallest absolute Gasteiger partial charge is 0.328 e. The SMILES string of the molecule is C=C/C(=C\N=C(C)NC(=O)N1CCCc2ccc(C(OC)OC)nc21)CCc1c(C)c(OC)cc(OC)c1F.[HH]. The van der Waals surface area contributed by atoms with Gasteiger partial charge < -0.3 is 18.9 Å². The minimum absolute atomic E-state index is 0. The maximum Gasteiger partial charge on any atom is 0.328 e. The van der Waals surface area contributed by atoms with Gasteiger partial charge in [0.2, 0.25) is 6.29 Å². The molecule has 2 aromatic rings. The number of nitrogens with one attached hydrogen (secondary N) is 1. The fourth-order valence-electron chi connectivity index (χ4n) is 4.45. The van der Waals surface area contributed by atoms with Gasteiger partial charge in [-0.15, -0.1) is 0 Å². The van der Waals surface area contributed by atoms with Gasteiger partial charge in [-0.25, -0.2) is 19.2 Å². The Kier molecular flexibility index (Phi) is 10.6. The van der Waals surface area contributed by atoms with Crippen LogP contribution in [-0.2, 0) is 22.3 Å². The van der Waals surface area contributed by atoms with Gasteiger partial charge in [0.05, 0.1) is 19.9 Å². The first-order chi connectivity index (χ1) is 18.8. The van der Waals surface area contributed by atoms with E-state index in [0.717, 1.165) is 24.0 Å². The maximum atomic E-state index is 14.9. The predicted octanol–water partition coefficient (Wildman–Crippen LogP) is 5.67. The molecule has 1 aromatic carbocycles. The van der Waals surface area contributed by atoms with Crippen molar-refractivity contribution in [2.45, 2.75) is 45.8 Å². The molecule has 0 spiro atoms. The fourth-order valence-corrected chi connectivity index (χ4v) is 4.45. The summed E-state index contributed by atoms with van der Waals surface area (Å²) in [7, 11) is 6.04. The zero-order valence-electron chi connectivity index (χ0n) is 23.5. The molecule has 39 heavy (non-hydrogen) atoms. The molecule has 0 saturated heterocycles. The Hall–Kier alpha value is -3.76. The Bertz CT molecular complexity index is 1240. The highest BCUT2D eigenvalue weighted by atomic mass is 19.1. The van der Waals surface area contributed by atoms with Crippen LogP contribution in [0.25, 0.3) is 0 Å². The number of aromatic nitrogens is 1. The van der Waals surface area contributed by atoms with Crippen molar-refractivity contribution in [3.05, 3.63) is 70.8 Å². The lowest BCUT2D eigenvalue weighted by atomic mass is 9.99. The number of methoxy groups -OCH3 is 4. The summed E-state index contributed by atoms with van der Waals surface area (Å²) in [6.07, 6.45) is 5.19. The van der Waals surface area contributed by atoms with Crippen LogP contribution in [0.2, 0.25) is 0 Å². The van der Waals surface area contributed by atoms with Gasteiger partial charge >= 0.3 is 6.03 Å². The molecule has 0 saturated carbocycles. The number of anilines is 1. The fraction of sp³-hybridized carbons (Fsp3) is 0.414. The number of fused-ring (bicyclic) bond motifs is 1. The number of amidine groups is 1. The molecule has 9 nitrogen and oxygen atoms in total. The predicted molar refractivity (Wildman–Crippen MR) is 151 cm³/mol. The lowest BCUT2D eigenvalue weighted by Crippen LogP contribution is -2.45. The zero-order chi connectivity index (χ0) is 28.5. The largest absolute Gasteiger partial charge is 0.496 e. The van der Waals surface area contributed by atoms with Crippen molar-refractivity contribution in [1.29, 1.82) is 0 Å². The van der Waals surface area contributed by atoms with E-state index in [4.69, 9.17) is 18.9 Å². The molecule has 0 aliphatic carbocycles. The van der Waals surface area contributed by atoms with Crippen LogP contribution < -0.4 is 19.7 Å². The number of halogens is 1. The van der Waals surface area contributed by atoms with Crippen LogP contribution in [0.4, 0.5) is 15.0 Å². The molecule has 0 unspecified atom stereocenters. The molecule has 10 heteroatoms. The van der Waals surface area contributed by atoms with E-state index >= 15 is 0 Å². The van der Waals surface area contributed by atoms with Gasteiger partial charge in [-0.3, -0.25) is 10.2 Å². The van der Waals surface area contributed by atoms with E-state index < -0.39 is 12.1 Å². The number of allylic oxidation sites excluding steroid dienone is 2. The number of nitrogens with zero attached hydrogens (tertiary/aromatic N) is 3. The van der Waals surface area contributed by atoms with Crippen molar-refractivity contribution in [3.8, 4) is 11.5 Å². The first-order valence-electron chi connectivity index (χ1n) is 12.7. The highest BCUT2D eigenvalue weighted by Gasteiger charge is 2.26. The number of carbonyl (C=O) groups is 1. The summed E-state index contributed by atoms with van der Waals surface area (Å²) in [6.45, 7) is 7.89. The van der Waals surface area contributed by atoms with Gasteiger partial charge in [0.25, 0.3) is 0 Å². The molecule has 1 aliphatic heterocycles. The van der Waals surface area contributed by atoms with Crippen LogP contribution in [0.15, 0.2) is 47.6 Å². The van der Waals surface area contributed by atoms with Crippen LogP contribution in [-0.4, -0.2) is 51.8 Å². The number of aryl methyl sites for hydroxylation is 1. The summed E-state index contributed by atoms with van der Waals surface area (Å²) in [5.41, 5.74) is 3.57. The third-order valence-corrected chi connectivity index (χ3v) is 6.62. The molecule has 0 atom stereocenters. The van der Waals surface area contributed by atoms with E-state index in [1.807, 2.05) is 19.1 Å². The van der Waals surface area contributed by atoms with E-state index in [2.05, 4.69) is 21.9 Å². The Morgan fingerprint density at radius 3 is 2.62 bits per heavy atom. The van der Waals surface area contributed by atoms with Crippen LogP contribution in [0.1, 0.15) is 49.9 Å². The molecule has 0 fully saturated rings. The number of carbonyl (C=O) groups excluding carboxylic acids is 1. The Labute approximate surface area is 230 Å². The van der Waals surface area contributed by atoms with Gasteiger partial charge in [-0.1, -0.05) is 18.7 Å². The van der Waals surface area contributed by atoms with Gasteiger partial charge in [-0.2, -0.15) is 0 Å². The number of rotatable bonds is 10. The van der Waals surface area contributed by atoms with Crippen LogP contribution in [0.3, 0.4) is 0 Å². The van der Waals surface area contributed by atoms with Gasteiger partial charge in [-0.05, 0) is 67.9 Å². The van der Waals surface area contributed by atoms with Crippen molar-refractivity contribution in [1.82, 2.24) is 10.3 Å². The number of hydrogen-bond acceptors (Lipinski definition) is 7. The summed E-state index contributed by atoms with van der Waals surface area (Å²) in [5.74, 6) is 1.27. The molecule has 212 valence electrons. The average molecular weight is 543 g/mol. The van der Waals surface area contributed by atoms with E-state index in [-0.39, 0.29) is 13.2 Å². The first kappa shape index (κ1) is 29.8. The first-order valence-corrected chi connectivity index (χ1v) is 12.7. The molecule has 2 amide bonds. The van der Waals surface area contributed by atoms with Crippen LogP contribution >= 0.6 is 0 Å². The summed E-state index contributed by atoms with van der Waals surface area (Å²) in [5, 5.41) is 2.83. The molecule has 0 bridgehead atoms. The second-order valence-corrected chi connectivity index (χ2v) is 9.03. The van der Waals surface area contributed by atoms with Gasteiger partial charge in [0, 0.05) is 34.5 Å². The van der Waals surface area contributed by atoms with Gasteiger partial charge in [0.15, 0.2) is 11.6 Å². The van der Waals surface area contributed by atoms with E-state index in [0.29, 0.717) is 53.6 Å². The average Bonchev–Trinajstić information content (AvgIpc) is 2.94. The lowest BCUT2D eigenvalue weighted by Gasteiger charge is -2.29. The standard InChI is InChI=1S/C29H37FN4O5.H2/c1-8-20(11-13-22-18(2)24(36-4)16-25(37-5)26(22)30)17-31-19(3)32-29(35)34-15-9-10-21-12-14-23(33-27(21)34)28(38-6)39-7;/h8,12,14,16-17,28H,1,9-11,13,15H2,2-7H3,(H,31,32,35);1H/b20-17+;. The molecule has 2 heterocycles. The second kappa shape index (κ2) is 13.9. The summed E-state index contributed by atoms with van der Waals surface area (Å²) in [6, 6.07) is 5.01. The number of urea groups is 1. The number of aliphatic imine (C=N–C) groups is 1. The van der Waals surface area contributed by atoms with Crippen molar-refractivity contribution < 1.29 is 29.6 Å². The van der Waals surface area contributed by atoms with E-state index in [1.165, 1.54) is 28.4 Å². The second-order valence-electron chi connectivity index (χ2n) is 9.03. The van der Waals surface area contributed by atoms with Crippen LogP contribution in [0.5, 0.6) is 11.5 Å². The molecular weight excluding hydrogens is 503 g/mol. The molecule has 3 rings (SSSR count). The number of amides is 2. The minimum Gasteiger partial charge on any atom is -0.496 e. The monoisotopic (exact) mass is 542 g/mol. The number of pyridine rings is 1. The van der Waals surface area contributed by atoms with Crippen molar-refractivity contribution in [3.63, 3.8) is 0 Å². The van der Waals surface area contributed by atoms with Crippen LogP contribution in [0, 0.1) is 12.7 Å². The molecule has 0 radical (unpaired) electrons. The minimum atomic E-state index is -0.622. The lowest BCUT2D eigenvalue weighted by molar-refractivity contribution is -0.108. The zero-order valence-corrected chi connectivity index (χ0v) is 23.5. The third-order valence-electron chi connectivity index (χ3n) is 6.62. The molecule has 1 N–H and O–H groups in total. The summed E-state index contributed by atoms with van der Waals surface area (Å²) >= 11 is 0. The normalized spacial score (nSPS) is 13.8. The Balaban J connectivity index is 0.00000560. The Morgan fingerprint density at radius 1 is 1.26 bits per heavy atom. The highest BCUT2D eigenvalue weighted by molar-refractivity contribution is 6.04. The molecular formula is C29H39FN4O5. The topological polar surface area (TPSA) is 94.5 Å². The Morgan fingerprint density at radius 2 is 1.97 bits per heavy atom.